The highest BCUT2D eigenvalue weighted by Crippen LogP contribution is 2.27. The van der Waals surface area contributed by atoms with Crippen LogP contribution >= 0.6 is 0 Å². The first-order valence-electron chi connectivity index (χ1n) is 5.88. The number of rotatable bonds is 5. The van der Waals surface area contributed by atoms with Crippen molar-refractivity contribution < 1.29 is 17.6 Å². The van der Waals surface area contributed by atoms with Gasteiger partial charge in [0.25, 0.3) is 0 Å². The summed E-state index contributed by atoms with van der Waals surface area (Å²) in [5, 5.41) is 6.57. The van der Waals surface area contributed by atoms with Gasteiger partial charge in [-0.2, -0.15) is 18.3 Å². The molecule has 0 fully saturated rings. The van der Waals surface area contributed by atoms with Crippen molar-refractivity contribution in [1.82, 2.24) is 15.1 Å². The first-order chi connectivity index (χ1) is 8.99. The lowest BCUT2D eigenvalue weighted by atomic mass is 10.4. The molecule has 0 saturated carbocycles. The van der Waals surface area contributed by atoms with E-state index >= 15 is 0 Å². The largest absolute Gasteiger partial charge is 0.463 e. The highest BCUT2D eigenvalue weighted by Gasteiger charge is 2.33. The van der Waals surface area contributed by atoms with Gasteiger partial charge in [0.1, 0.15) is 11.5 Å². The molecule has 0 unspecified atom stereocenters. The van der Waals surface area contributed by atoms with E-state index in [4.69, 9.17) is 4.42 Å². The third-order valence-electron chi connectivity index (χ3n) is 2.52. The van der Waals surface area contributed by atoms with Crippen LogP contribution in [0.4, 0.5) is 13.2 Å². The zero-order valence-corrected chi connectivity index (χ0v) is 10.4. The summed E-state index contributed by atoms with van der Waals surface area (Å²) in [6.07, 6.45) is -3.13. The summed E-state index contributed by atoms with van der Waals surface area (Å²) in [5.74, 6) is 1.32. The topological polar surface area (TPSA) is 43.0 Å². The summed E-state index contributed by atoms with van der Waals surface area (Å²) < 4.78 is 43.8. The number of furan rings is 1. The van der Waals surface area contributed by atoms with Crippen molar-refractivity contribution in [3.05, 3.63) is 41.6 Å². The van der Waals surface area contributed by atoms with Crippen molar-refractivity contribution in [3.63, 3.8) is 0 Å². The quantitative estimate of drug-likeness (QED) is 0.910. The Balaban J connectivity index is 2.01. The Hall–Kier alpha value is -1.76. The van der Waals surface area contributed by atoms with Crippen molar-refractivity contribution in [2.45, 2.75) is 26.2 Å². The van der Waals surface area contributed by atoms with Gasteiger partial charge in [0, 0.05) is 6.20 Å². The molecule has 19 heavy (non-hydrogen) atoms. The Kier molecular flexibility index (Phi) is 3.94. The predicted octanol–water partition coefficient (Wildman–Crippen LogP) is 2.65. The fourth-order valence-electron chi connectivity index (χ4n) is 1.61. The summed E-state index contributed by atoms with van der Waals surface area (Å²) in [6.45, 7) is 3.59. The van der Waals surface area contributed by atoms with E-state index in [2.05, 4.69) is 10.4 Å². The molecule has 0 atom stereocenters. The Morgan fingerprint density at radius 1 is 1.26 bits per heavy atom. The maximum Gasteiger partial charge on any atom is 0.435 e. The second-order valence-electron chi connectivity index (χ2n) is 4.04. The lowest BCUT2D eigenvalue weighted by Crippen LogP contribution is -2.10. The van der Waals surface area contributed by atoms with Gasteiger partial charge in [-0.15, -0.1) is 0 Å². The first-order valence-corrected chi connectivity index (χ1v) is 5.88. The molecule has 0 aliphatic carbocycles. The SMILES string of the molecule is CCNCc1ccc(Cn2ccc(C(F)(F)F)n2)o1. The number of hydrogen-bond donors (Lipinski definition) is 1. The van der Waals surface area contributed by atoms with Gasteiger partial charge < -0.3 is 9.73 Å². The number of hydrogen-bond acceptors (Lipinski definition) is 3. The number of alkyl halides is 3. The maximum absolute atomic E-state index is 12.4. The molecular weight excluding hydrogens is 259 g/mol. The van der Waals surface area contributed by atoms with E-state index in [1.807, 2.05) is 6.92 Å². The highest BCUT2D eigenvalue weighted by molar-refractivity contribution is 5.09. The third-order valence-corrected chi connectivity index (χ3v) is 2.52. The molecule has 0 amide bonds. The third kappa shape index (κ3) is 3.60. The van der Waals surface area contributed by atoms with Gasteiger partial charge in [-0.1, -0.05) is 6.92 Å². The smallest absolute Gasteiger partial charge is 0.435 e. The molecule has 0 saturated heterocycles. The van der Waals surface area contributed by atoms with Crippen LogP contribution in [0.2, 0.25) is 0 Å². The molecule has 0 bridgehead atoms. The number of nitrogens with zero attached hydrogens (tertiary/aromatic N) is 2. The number of aromatic nitrogens is 2. The van der Waals surface area contributed by atoms with Gasteiger partial charge in [-0.05, 0) is 24.7 Å². The van der Waals surface area contributed by atoms with Crippen LogP contribution in [0.5, 0.6) is 0 Å². The van der Waals surface area contributed by atoms with Crippen molar-refractivity contribution in [2.24, 2.45) is 0 Å². The van der Waals surface area contributed by atoms with Crippen LogP contribution in [0, 0.1) is 0 Å². The highest BCUT2D eigenvalue weighted by atomic mass is 19.4. The van der Waals surface area contributed by atoms with Gasteiger partial charge >= 0.3 is 6.18 Å². The van der Waals surface area contributed by atoms with Crippen LogP contribution in [0.1, 0.15) is 24.1 Å². The molecule has 0 aliphatic heterocycles. The predicted molar refractivity (Wildman–Crippen MR) is 62.4 cm³/mol. The minimum atomic E-state index is -4.41. The number of nitrogens with one attached hydrogen (secondary N) is 1. The van der Waals surface area contributed by atoms with Gasteiger partial charge in [0.05, 0.1) is 13.1 Å². The Morgan fingerprint density at radius 3 is 2.63 bits per heavy atom. The molecule has 104 valence electrons. The van der Waals surface area contributed by atoms with Crippen molar-refractivity contribution in [3.8, 4) is 0 Å². The zero-order valence-electron chi connectivity index (χ0n) is 10.4. The average molecular weight is 273 g/mol. The zero-order chi connectivity index (χ0) is 13.9. The van der Waals surface area contributed by atoms with E-state index in [0.717, 1.165) is 18.4 Å². The molecule has 0 radical (unpaired) electrons. The second-order valence-corrected chi connectivity index (χ2v) is 4.04. The fraction of sp³-hybridized carbons (Fsp3) is 0.417. The molecule has 4 nitrogen and oxygen atoms in total. The normalized spacial score (nSPS) is 12.0. The van der Waals surface area contributed by atoms with Crippen LogP contribution in [-0.2, 0) is 19.3 Å². The Bertz CT molecular complexity index is 530. The number of halogens is 3. The van der Waals surface area contributed by atoms with E-state index < -0.39 is 11.9 Å². The van der Waals surface area contributed by atoms with Gasteiger partial charge in [-0.3, -0.25) is 4.68 Å². The lowest BCUT2D eigenvalue weighted by Gasteiger charge is -2.01. The summed E-state index contributed by atoms with van der Waals surface area (Å²) in [6, 6.07) is 4.48. The van der Waals surface area contributed by atoms with E-state index in [1.165, 1.54) is 10.9 Å². The molecule has 2 aromatic rings. The molecule has 2 aromatic heterocycles. The molecule has 0 spiro atoms. The van der Waals surface area contributed by atoms with Gasteiger partial charge in [0.2, 0.25) is 0 Å². The molecule has 0 aromatic carbocycles. The van der Waals surface area contributed by atoms with Crippen LogP contribution in [-0.4, -0.2) is 16.3 Å². The van der Waals surface area contributed by atoms with Crippen LogP contribution in [0.15, 0.2) is 28.8 Å². The molecular formula is C12H14F3N3O. The molecule has 0 aliphatic rings. The minimum absolute atomic E-state index is 0.183. The minimum Gasteiger partial charge on any atom is -0.463 e. The van der Waals surface area contributed by atoms with Crippen LogP contribution in [0.25, 0.3) is 0 Å². The van der Waals surface area contributed by atoms with Gasteiger partial charge in [0.15, 0.2) is 5.69 Å². The van der Waals surface area contributed by atoms with Gasteiger partial charge in [-0.25, -0.2) is 0 Å². The van der Waals surface area contributed by atoms with Crippen molar-refractivity contribution >= 4 is 0 Å². The monoisotopic (exact) mass is 273 g/mol. The average Bonchev–Trinajstić information content (AvgIpc) is 2.95. The van der Waals surface area contributed by atoms with E-state index in [1.54, 1.807) is 12.1 Å². The molecule has 2 rings (SSSR count). The molecule has 7 heteroatoms. The Morgan fingerprint density at radius 2 is 2.00 bits per heavy atom. The fourth-order valence-corrected chi connectivity index (χ4v) is 1.61. The van der Waals surface area contributed by atoms with Crippen molar-refractivity contribution in [1.29, 1.82) is 0 Å². The van der Waals surface area contributed by atoms with Crippen molar-refractivity contribution in [2.75, 3.05) is 6.54 Å². The van der Waals surface area contributed by atoms with Crippen LogP contribution in [0.3, 0.4) is 0 Å². The van der Waals surface area contributed by atoms with E-state index in [0.29, 0.717) is 12.3 Å². The summed E-state index contributed by atoms with van der Waals surface area (Å²) in [4.78, 5) is 0. The summed E-state index contributed by atoms with van der Waals surface area (Å²) in [7, 11) is 0. The van der Waals surface area contributed by atoms with Crippen LogP contribution < -0.4 is 5.32 Å². The molecule has 1 N–H and O–H groups in total. The molecule has 2 heterocycles. The van der Waals surface area contributed by atoms with E-state index in [9.17, 15) is 13.2 Å². The summed E-state index contributed by atoms with van der Waals surface area (Å²) in [5.41, 5.74) is -0.896. The van der Waals surface area contributed by atoms with E-state index in [-0.39, 0.29) is 6.54 Å². The Labute approximate surface area is 108 Å². The summed E-state index contributed by atoms with van der Waals surface area (Å²) >= 11 is 0. The second kappa shape index (κ2) is 5.48. The maximum atomic E-state index is 12.4. The standard InChI is InChI=1S/C12H14F3N3O/c1-2-16-7-9-3-4-10(19-9)8-18-6-5-11(17-18)12(13,14)15/h3-6,16H,2,7-8H2,1H3. The first kappa shape index (κ1) is 13.7. The lowest BCUT2D eigenvalue weighted by molar-refractivity contribution is -0.141.